The number of aromatic carboxylic acids is 1. The third kappa shape index (κ3) is 3.18. The van der Waals surface area contributed by atoms with Crippen LogP contribution in [0.5, 0.6) is 0 Å². The fraction of sp³-hybridized carbons (Fsp3) is 0.0909. The normalized spacial score (nSPS) is 10.2. The highest BCUT2D eigenvalue weighted by Crippen LogP contribution is 2.22. The highest BCUT2D eigenvalue weighted by atomic mass is 35.5. The van der Waals surface area contributed by atoms with Crippen LogP contribution in [-0.4, -0.2) is 16.1 Å². The minimum atomic E-state index is -0.963. The number of nitrogens with zero attached hydrogens (tertiary/aromatic N) is 1. The quantitative estimate of drug-likeness (QED) is 0.894. The molecule has 0 aliphatic heterocycles. The summed E-state index contributed by atoms with van der Waals surface area (Å²) in [4.78, 5) is 15.9. The number of hydrogen-bond donors (Lipinski definition) is 2. The first-order valence-corrected chi connectivity index (χ1v) is 6.02. The molecule has 2 rings (SSSR count). The molecule has 0 saturated carbocycles. The Labute approximate surface area is 107 Å². The van der Waals surface area contributed by atoms with Crippen LogP contribution in [-0.2, 0) is 6.54 Å². The van der Waals surface area contributed by atoms with Crippen molar-refractivity contribution in [1.29, 1.82) is 0 Å². The van der Waals surface area contributed by atoms with E-state index in [2.05, 4.69) is 10.3 Å². The predicted molar refractivity (Wildman–Crippen MR) is 67.9 cm³/mol. The Bertz CT molecular complexity index is 542. The molecule has 4 nitrogen and oxygen atoms in total. The molecule has 2 aromatic heterocycles. The lowest BCUT2D eigenvalue weighted by molar-refractivity contribution is 0.0697. The average molecular weight is 269 g/mol. The number of halogens is 1. The Balaban J connectivity index is 2.04. The Morgan fingerprint density at radius 3 is 2.94 bits per heavy atom. The van der Waals surface area contributed by atoms with Crippen LogP contribution < -0.4 is 5.32 Å². The maximum Gasteiger partial charge on any atom is 0.335 e. The number of carboxylic acid groups (broad SMARTS) is 1. The molecule has 0 fully saturated rings. The van der Waals surface area contributed by atoms with E-state index in [1.165, 1.54) is 29.7 Å². The van der Waals surface area contributed by atoms with Crippen LogP contribution in [0.25, 0.3) is 0 Å². The summed E-state index contributed by atoms with van der Waals surface area (Å²) in [7, 11) is 0. The molecule has 0 aliphatic carbocycles. The fourth-order valence-electron chi connectivity index (χ4n) is 1.28. The standard InChI is InChI=1S/C11H9ClN2O2S/c12-9-2-1-8(17-9)6-14-10-5-7(11(15)16)3-4-13-10/h1-5H,6H2,(H,13,14)(H,15,16). The van der Waals surface area contributed by atoms with E-state index in [-0.39, 0.29) is 5.56 Å². The maximum absolute atomic E-state index is 10.8. The van der Waals surface area contributed by atoms with E-state index in [1.807, 2.05) is 12.1 Å². The van der Waals surface area contributed by atoms with Crippen molar-refractivity contribution < 1.29 is 9.90 Å². The summed E-state index contributed by atoms with van der Waals surface area (Å²) in [6.45, 7) is 0.577. The molecule has 2 heterocycles. The second-order valence-electron chi connectivity index (χ2n) is 3.29. The number of rotatable bonds is 4. The lowest BCUT2D eigenvalue weighted by Crippen LogP contribution is -2.02. The van der Waals surface area contributed by atoms with Gasteiger partial charge >= 0.3 is 5.97 Å². The molecule has 6 heteroatoms. The second-order valence-corrected chi connectivity index (χ2v) is 5.09. The van der Waals surface area contributed by atoms with E-state index in [4.69, 9.17) is 16.7 Å². The third-order valence-electron chi connectivity index (χ3n) is 2.08. The van der Waals surface area contributed by atoms with Gasteiger partial charge in [0.05, 0.1) is 16.4 Å². The predicted octanol–water partition coefficient (Wildman–Crippen LogP) is 3.11. The molecule has 0 radical (unpaired) electrons. The van der Waals surface area contributed by atoms with E-state index in [0.717, 1.165) is 9.21 Å². The lowest BCUT2D eigenvalue weighted by Gasteiger charge is -2.04. The van der Waals surface area contributed by atoms with E-state index in [0.29, 0.717) is 12.4 Å². The molecule has 2 aromatic rings. The highest BCUT2D eigenvalue weighted by Gasteiger charge is 2.04. The Kier molecular flexibility index (Phi) is 3.61. The summed E-state index contributed by atoms with van der Waals surface area (Å²) in [6, 6.07) is 6.69. The first kappa shape index (κ1) is 11.9. The minimum Gasteiger partial charge on any atom is -0.478 e. The van der Waals surface area contributed by atoms with Gasteiger partial charge in [-0.25, -0.2) is 9.78 Å². The zero-order valence-electron chi connectivity index (χ0n) is 8.68. The third-order valence-corrected chi connectivity index (χ3v) is 3.31. The van der Waals surface area contributed by atoms with Crippen LogP contribution >= 0.6 is 22.9 Å². The van der Waals surface area contributed by atoms with Gasteiger partial charge in [-0.2, -0.15) is 0 Å². The molecule has 17 heavy (non-hydrogen) atoms. The van der Waals surface area contributed by atoms with Crippen LogP contribution in [0, 0.1) is 0 Å². The van der Waals surface area contributed by atoms with Gasteiger partial charge < -0.3 is 10.4 Å². The molecule has 0 aliphatic rings. The van der Waals surface area contributed by atoms with Gasteiger partial charge in [-0.05, 0) is 24.3 Å². The Morgan fingerprint density at radius 1 is 1.47 bits per heavy atom. The maximum atomic E-state index is 10.8. The summed E-state index contributed by atoms with van der Waals surface area (Å²) in [5, 5.41) is 11.9. The van der Waals surface area contributed by atoms with Gasteiger partial charge in [-0.3, -0.25) is 0 Å². The fourth-order valence-corrected chi connectivity index (χ4v) is 2.31. The van der Waals surface area contributed by atoms with Gasteiger partial charge in [0.25, 0.3) is 0 Å². The van der Waals surface area contributed by atoms with E-state index in [9.17, 15) is 4.79 Å². The molecule has 0 saturated heterocycles. The van der Waals surface area contributed by atoms with Crippen molar-refractivity contribution in [3.05, 3.63) is 45.2 Å². The molecule has 0 aromatic carbocycles. The van der Waals surface area contributed by atoms with Gasteiger partial charge in [-0.1, -0.05) is 11.6 Å². The summed E-state index contributed by atoms with van der Waals surface area (Å²) in [5.74, 6) is -0.427. The van der Waals surface area contributed by atoms with E-state index < -0.39 is 5.97 Å². The zero-order valence-corrected chi connectivity index (χ0v) is 10.3. The summed E-state index contributed by atoms with van der Waals surface area (Å²) >= 11 is 7.28. The number of nitrogens with one attached hydrogen (secondary N) is 1. The first-order chi connectivity index (χ1) is 8.15. The Morgan fingerprint density at radius 2 is 2.29 bits per heavy atom. The van der Waals surface area contributed by atoms with Crippen molar-refractivity contribution in [3.8, 4) is 0 Å². The molecule has 0 amide bonds. The van der Waals surface area contributed by atoms with Gasteiger partial charge in [-0.15, -0.1) is 11.3 Å². The van der Waals surface area contributed by atoms with Crippen molar-refractivity contribution in [2.45, 2.75) is 6.54 Å². The molecule has 0 bridgehead atoms. The van der Waals surface area contributed by atoms with Gasteiger partial charge in [0, 0.05) is 11.1 Å². The lowest BCUT2D eigenvalue weighted by atomic mass is 10.2. The highest BCUT2D eigenvalue weighted by molar-refractivity contribution is 7.16. The van der Waals surface area contributed by atoms with Gasteiger partial charge in [0.2, 0.25) is 0 Å². The summed E-state index contributed by atoms with van der Waals surface area (Å²) < 4.78 is 0.731. The number of hydrogen-bond acceptors (Lipinski definition) is 4. The smallest absolute Gasteiger partial charge is 0.335 e. The summed E-state index contributed by atoms with van der Waals surface area (Å²) in [5.41, 5.74) is 0.215. The number of carbonyl (C=O) groups is 1. The van der Waals surface area contributed by atoms with Crippen LogP contribution in [0.3, 0.4) is 0 Å². The van der Waals surface area contributed by atoms with E-state index in [1.54, 1.807) is 0 Å². The molecular weight excluding hydrogens is 260 g/mol. The largest absolute Gasteiger partial charge is 0.478 e. The van der Waals surface area contributed by atoms with Gasteiger partial charge in [0.15, 0.2) is 0 Å². The molecule has 88 valence electrons. The van der Waals surface area contributed by atoms with Crippen molar-refractivity contribution in [2.75, 3.05) is 5.32 Å². The first-order valence-electron chi connectivity index (χ1n) is 4.82. The topological polar surface area (TPSA) is 62.2 Å². The van der Waals surface area contributed by atoms with E-state index >= 15 is 0 Å². The van der Waals surface area contributed by atoms with Gasteiger partial charge in [0.1, 0.15) is 5.82 Å². The molecule has 0 spiro atoms. The molecule has 0 atom stereocenters. The summed E-state index contributed by atoms with van der Waals surface area (Å²) in [6.07, 6.45) is 1.47. The number of aromatic nitrogens is 1. The van der Waals surface area contributed by atoms with Crippen molar-refractivity contribution in [1.82, 2.24) is 4.98 Å². The Hall–Kier alpha value is -1.59. The number of anilines is 1. The molecule has 0 unspecified atom stereocenters. The number of thiophene rings is 1. The zero-order chi connectivity index (χ0) is 12.3. The number of carboxylic acids is 1. The monoisotopic (exact) mass is 268 g/mol. The minimum absolute atomic E-state index is 0.215. The van der Waals surface area contributed by atoms with Crippen LogP contribution in [0.15, 0.2) is 30.5 Å². The SMILES string of the molecule is O=C(O)c1ccnc(NCc2ccc(Cl)s2)c1. The van der Waals surface area contributed by atoms with Crippen LogP contribution in [0.2, 0.25) is 4.34 Å². The van der Waals surface area contributed by atoms with Crippen molar-refractivity contribution in [2.24, 2.45) is 0 Å². The second kappa shape index (κ2) is 5.16. The van der Waals surface area contributed by atoms with Crippen molar-refractivity contribution in [3.63, 3.8) is 0 Å². The molecular formula is C11H9ClN2O2S. The van der Waals surface area contributed by atoms with Crippen LogP contribution in [0.1, 0.15) is 15.2 Å². The van der Waals surface area contributed by atoms with Crippen molar-refractivity contribution >= 4 is 34.7 Å². The molecule has 2 N–H and O–H groups in total. The van der Waals surface area contributed by atoms with Crippen LogP contribution in [0.4, 0.5) is 5.82 Å². The average Bonchev–Trinajstić information content (AvgIpc) is 2.73. The number of pyridine rings is 1.